The highest BCUT2D eigenvalue weighted by molar-refractivity contribution is 7.14. The minimum absolute atomic E-state index is 0.202. The molecule has 2 heterocycles. The van der Waals surface area contributed by atoms with Crippen LogP contribution in [0.15, 0.2) is 54.2 Å². The van der Waals surface area contributed by atoms with Crippen molar-refractivity contribution < 1.29 is 18.0 Å². The van der Waals surface area contributed by atoms with E-state index in [9.17, 15) is 18.0 Å². The maximum Gasteiger partial charge on any atom is 0.416 e. The second-order valence-corrected chi connectivity index (χ2v) is 6.38. The predicted octanol–water partition coefficient (Wildman–Crippen LogP) is 4.80. The smallest absolute Gasteiger partial charge is 0.302 e. The van der Waals surface area contributed by atoms with Crippen molar-refractivity contribution in [2.24, 2.45) is 0 Å². The molecule has 0 aliphatic heterocycles. The van der Waals surface area contributed by atoms with E-state index in [0.29, 0.717) is 22.8 Å². The normalized spacial score (nSPS) is 11.3. The van der Waals surface area contributed by atoms with Crippen molar-refractivity contribution in [1.29, 1.82) is 0 Å². The minimum atomic E-state index is -4.41. The van der Waals surface area contributed by atoms with E-state index < -0.39 is 11.7 Å². The van der Waals surface area contributed by atoms with Gasteiger partial charge in [-0.05, 0) is 36.2 Å². The number of hydrogen-bond donors (Lipinski definition) is 1. The van der Waals surface area contributed by atoms with Crippen LogP contribution in [0.3, 0.4) is 0 Å². The Labute approximate surface area is 151 Å². The highest BCUT2D eigenvalue weighted by Gasteiger charge is 2.30. The number of nitrogens with one attached hydrogen (secondary N) is 1. The lowest BCUT2D eigenvalue weighted by atomic mass is 10.1. The van der Waals surface area contributed by atoms with Gasteiger partial charge in [-0.3, -0.25) is 9.78 Å². The maximum absolute atomic E-state index is 12.8. The predicted molar refractivity (Wildman–Crippen MR) is 93.7 cm³/mol. The summed E-state index contributed by atoms with van der Waals surface area (Å²) in [7, 11) is 0. The molecule has 0 saturated heterocycles. The van der Waals surface area contributed by atoms with Gasteiger partial charge >= 0.3 is 6.18 Å². The van der Waals surface area contributed by atoms with Crippen LogP contribution < -0.4 is 5.32 Å². The Bertz CT molecular complexity index is 894. The van der Waals surface area contributed by atoms with Gasteiger partial charge in [-0.15, -0.1) is 11.3 Å². The number of carbonyl (C=O) groups excluding carboxylic acids is 1. The number of benzene rings is 1. The number of thiazole rings is 1. The zero-order valence-electron chi connectivity index (χ0n) is 13.5. The van der Waals surface area contributed by atoms with Gasteiger partial charge in [0.15, 0.2) is 5.13 Å². The zero-order valence-corrected chi connectivity index (χ0v) is 14.3. The second kappa shape index (κ2) is 7.65. The van der Waals surface area contributed by atoms with Gasteiger partial charge in [0.05, 0.1) is 11.3 Å². The van der Waals surface area contributed by atoms with Crippen molar-refractivity contribution in [3.05, 3.63) is 65.3 Å². The van der Waals surface area contributed by atoms with Gasteiger partial charge in [0.2, 0.25) is 5.91 Å². The molecule has 4 nitrogen and oxygen atoms in total. The van der Waals surface area contributed by atoms with E-state index in [0.717, 1.165) is 17.7 Å². The van der Waals surface area contributed by atoms with Crippen LogP contribution in [0.4, 0.5) is 18.3 Å². The summed E-state index contributed by atoms with van der Waals surface area (Å²) in [6.45, 7) is 0. The Morgan fingerprint density at radius 2 is 1.92 bits per heavy atom. The van der Waals surface area contributed by atoms with Crippen molar-refractivity contribution in [3.8, 4) is 11.3 Å². The summed E-state index contributed by atoms with van der Waals surface area (Å²) in [5, 5.41) is 4.66. The molecular weight excluding hydrogens is 363 g/mol. The number of carbonyl (C=O) groups is 1. The molecule has 0 aliphatic carbocycles. The Kier molecular flexibility index (Phi) is 5.32. The summed E-state index contributed by atoms with van der Waals surface area (Å²) >= 11 is 1.17. The third-order valence-electron chi connectivity index (χ3n) is 3.63. The van der Waals surface area contributed by atoms with Crippen molar-refractivity contribution >= 4 is 22.4 Å². The average molecular weight is 377 g/mol. The number of aryl methyl sites for hydroxylation is 1. The Morgan fingerprint density at radius 1 is 1.15 bits per heavy atom. The van der Waals surface area contributed by atoms with Crippen molar-refractivity contribution in [3.63, 3.8) is 0 Å². The topological polar surface area (TPSA) is 54.9 Å². The van der Waals surface area contributed by atoms with Crippen LogP contribution in [-0.2, 0) is 17.4 Å². The molecule has 3 rings (SSSR count). The third kappa shape index (κ3) is 4.66. The Hall–Kier alpha value is -2.74. The fourth-order valence-electron chi connectivity index (χ4n) is 2.31. The highest BCUT2D eigenvalue weighted by Crippen LogP contribution is 2.33. The van der Waals surface area contributed by atoms with E-state index in [1.54, 1.807) is 23.8 Å². The van der Waals surface area contributed by atoms with Crippen LogP contribution in [0.5, 0.6) is 0 Å². The lowest BCUT2D eigenvalue weighted by molar-refractivity contribution is -0.137. The van der Waals surface area contributed by atoms with Crippen LogP contribution in [0.2, 0.25) is 0 Å². The molecule has 0 bridgehead atoms. The quantitative estimate of drug-likeness (QED) is 0.695. The second-order valence-electron chi connectivity index (χ2n) is 5.52. The molecule has 2 aromatic heterocycles. The van der Waals surface area contributed by atoms with Crippen LogP contribution in [-0.4, -0.2) is 15.9 Å². The Morgan fingerprint density at radius 3 is 2.65 bits per heavy atom. The summed E-state index contributed by atoms with van der Waals surface area (Å²) in [4.78, 5) is 20.1. The van der Waals surface area contributed by atoms with E-state index in [2.05, 4.69) is 15.3 Å². The number of alkyl halides is 3. The molecule has 134 valence electrons. The van der Waals surface area contributed by atoms with Gasteiger partial charge in [0, 0.05) is 29.8 Å². The van der Waals surface area contributed by atoms with Crippen LogP contribution in [0.25, 0.3) is 11.3 Å². The molecular formula is C18H14F3N3OS. The van der Waals surface area contributed by atoms with E-state index in [1.807, 2.05) is 12.1 Å². The van der Waals surface area contributed by atoms with E-state index >= 15 is 0 Å². The van der Waals surface area contributed by atoms with Crippen LogP contribution in [0.1, 0.15) is 17.5 Å². The molecule has 8 heteroatoms. The number of nitrogens with zero attached hydrogens (tertiary/aromatic N) is 2. The van der Waals surface area contributed by atoms with Gasteiger partial charge < -0.3 is 5.32 Å². The number of rotatable bonds is 5. The molecule has 1 amide bonds. The fourth-order valence-corrected chi connectivity index (χ4v) is 3.04. The molecule has 0 unspecified atom stereocenters. The molecule has 0 saturated carbocycles. The lowest BCUT2D eigenvalue weighted by Gasteiger charge is -2.07. The molecule has 26 heavy (non-hydrogen) atoms. The Balaban J connectivity index is 1.64. The molecule has 0 atom stereocenters. The summed E-state index contributed by atoms with van der Waals surface area (Å²) in [5.74, 6) is -0.202. The summed E-state index contributed by atoms with van der Waals surface area (Å²) < 4.78 is 38.4. The number of halogens is 3. The molecule has 0 fully saturated rings. The van der Waals surface area contributed by atoms with Gasteiger partial charge in [0.25, 0.3) is 0 Å². The van der Waals surface area contributed by atoms with Crippen molar-refractivity contribution in [2.45, 2.75) is 19.0 Å². The summed E-state index contributed by atoms with van der Waals surface area (Å²) in [6.07, 6.45) is -0.233. The summed E-state index contributed by atoms with van der Waals surface area (Å²) in [6, 6.07) is 8.62. The van der Waals surface area contributed by atoms with Gasteiger partial charge in [-0.2, -0.15) is 13.2 Å². The van der Waals surface area contributed by atoms with Crippen molar-refractivity contribution in [1.82, 2.24) is 9.97 Å². The highest BCUT2D eigenvalue weighted by atomic mass is 32.1. The van der Waals surface area contributed by atoms with Crippen molar-refractivity contribution in [2.75, 3.05) is 5.32 Å². The minimum Gasteiger partial charge on any atom is -0.302 e. The third-order valence-corrected chi connectivity index (χ3v) is 4.38. The number of pyridine rings is 1. The SMILES string of the molecule is O=C(CCc1ccncc1)Nc1nc(-c2cccc(C(F)(F)F)c2)cs1. The van der Waals surface area contributed by atoms with E-state index in [-0.39, 0.29) is 12.3 Å². The largest absolute Gasteiger partial charge is 0.416 e. The molecule has 1 aromatic carbocycles. The first-order valence-corrected chi connectivity index (χ1v) is 8.62. The van der Waals surface area contributed by atoms with Gasteiger partial charge in [-0.1, -0.05) is 12.1 Å². The van der Waals surface area contributed by atoms with Crippen LogP contribution in [0, 0.1) is 0 Å². The standard InChI is InChI=1S/C18H14F3N3OS/c19-18(20,21)14-3-1-2-13(10-14)15-11-26-17(23-15)24-16(25)5-4-12-6-8-22-9-7-12/h1-3,6-11H,4-5H2,(H,23,24,25). The summed E-state index contributed by atoms with van der Waals surface area (Å²) in [5.41, 5.74) is 1.02. The fraction of sp³-hybridized carbons (Fsp3) is 0.167. The number of amides is 1. The van der Waals surface area contributed by atoms with Gasteiger partial charge in [0.1, 0.15) is 0 Å². The first-order chi connectivity index (χ1) is 12.4. The molecule has 1 N–H and O–H groups in total. The van der Waals surface area contributed by atoms with E-state index in [1.165, 1.54) is 17.4 Å². The van der Waals surface area contributed by atoms with E-state index in [4.69, 9.17) is 0 Å². The van der Waals surface area contributed by atoms with Crippen LogP contribution >= 0.6 is 11.3 Å². The number of aromatic nitrogens is 2. The molecule has 3 aromatic rings. The average Bonchev–Trinajstić information content (AvgIpc) is 3.09. The first kappa shape index (κ1) is 18.1. The monoisotopic (exact) mass is 377 g/mol. The maximum atomic E-state index is 12.8. The number of hydrogen-bond acceptors (Lipinski definition) is 4. The van der Waals surface area contributed by atoms with Gasteiger partial charge in [-0.25, -0.2) is 4.98 Å². The molecule has 0 spiro atoms. The molecule has 0 radical (unpaired) electrons. The lowest BCUT2D eigenvalue weighted by Crippen LogP contribution is -2.12. The first-order valence-electron chi connectivity index (χ1n) is 7.74. The zero-order chi connectivity index (χ0) is 18.6. The number of anilines is 1. The molecule has 0 aliphatic rings.